The van der Waals surface area contributed by atoms with Gasteiger partial charge in [0.25, 0.3) is 0 Å². The normalized spacial score (nSPS) is 24.6. The molecule has 2 atom stereocenters. The molecule has 0 radical (unpaired) electrons. The van der Waals surface area contributed by atoms with Crippen LogP contribution in [0.15, 0.2) is 0 Å². The molecule has 0 amide bonds. The second-order valence-corrected chi connectivity index (χ2v) is 4.75. The van der Waals surface area contributed by atoms with Crippen molar-refractivity contribution in [1.29, 1.82) is 0 Å². The van der Waals surface area contributed by atoms with Gasteiger partial charge >= 0.3 is 0 Å². The molecule has 0 aliphatic carbocycles. The number of nitrogens with one attached hydrogen (secondary N) is 1. The zero-order valence-corrected chi connectivity index (χ0v) is 11.2. The van der Waals surface area contributed by atoms with Crippen LogP contribution >= 0.6 is 0 Å². The molecule has 2 unspecified atom stereocenters. The summed E-state index contributed by atoms with van der Waals surface area (Å²) in [4.78, 5) is 2.56. The van der Waals surface area contributed by atoms with Crippen LogP contribution < -0.4 is 5.32 Å². The molecule has 1 fully saturated rings. The van der Waals surface area contributed by atoms with Gasteiger partial charge in [0.2, 0.25) is 0 Å². The van der Waals surface area contributed by atoms with Crippen LogP contribution in [0, 0.1) is 0 Å². The van der Waals surface area contributed by atoms with Gasteiger partial charge < -0.3 is 10.1 Å². The van der Waals surface area contributed by atoms with Crippen molar-refractivity contribution in [2.75, 3.05) is 33.3 Å². The number of hydrogen-bond donors (Lipinski definition) is 1. The lowest BCUT2D eigenvalue weighted by Gasteiger charge is -2.34. The summed E-state index contributed by atoms with van der Waals surface area (Å²) in [6.45, 7) is 8.73. The number of hydrogen-bond acceptors (Lipinski definition) is 3. The number of likely N-dealkylation sites (N-methyl/N-ethyl adjacent to an activating group) is 1. The Bertz CT molecular complexity index is 173. The lowest BCUT2D eigenvalue weighted by atomic mass is 10.1. The molecule has 0 bridgehead atoms. The third-order valence-electron chi connectivity index (χ3n) is 3.39. The van der Waals surface area contributed by atoms with Crippen LogP contribution in [0.25, 0.3) is 0 Å². The van der Waals surface area contributed by atoms with Gasteiger partial charge in [-0.1, -0.05) is 13.3 Å². The van der Waals surface area contributed by atoms with Crippen molar-refractivity contribution in [3.05, 3.63) is 0 Å². The number of likely N-dealkylation sites (tertiary alicyclic amines) is 1. The van der Waals surface area contributed by atoms with Crippen LogP contribution in [0.5, 0.6) is 0 Å². The van der Waals surface area contributed by atoms with Gasteiger partial charge in [0, 0.05) is 25.7 Å². The Balaban J connectivity index is 2.29. The lowest BCUT2D eigenvalue weighted by molar-refractivity contribution is 0.00352. The molecule has 0 aromatic heterocycles. The summed E-state index contributed by atoms with van der Waals surface area (Å²) < 4.78 is 5.73. The molecule has 0 saturated carbocycles. The quantitative estimate of drug-likeness (QED) is 0.720. The summed E-state index contributed by atoms with van der Waals surface area (Å²) >= 11 is 0. The minimum Gasteiger partial charge on any atom is -0.377 e. The van der Waals surface area contributed by atoms with Crippen LogP contribution in [0.1, 0.15) is 39.5 Å². The smallest absolute Gasteiger partial charge is 0.0702 e. The SMILES string of the molecule is CCCC(CN1CCCC(OCC)C1)NC. The molecule has 3 heteroatoms. The second kappa shape index (κ2) is 8.04. The molecule has 1 rings (SSSR count). The minimum absolute atomic E-state index is 0.470. The average molecular weight is 228 g/mol. The van der Waals surface area contributed by atoms with Gasteiger partial charge in [0.05, 0.1) is 6.10 Å². The summed E-state index contributed by atoms with van der Waals surface area (Å²) in [7, 11) is 2.07. The molecular weight excluding hydrogens is 200 g/mol. The third kappa shape index (κ3) is 4.81. The van der Waals surface area contributed by atoms with E-state index >= 15 is 0 Å². The number of piperidine rings is 1. The molecule has 1 saturated heterocycles. The van der Waals surface area contributed by atoms with Crippen LogP contribution in [-0.4, -0.2) is 50.3 Å². The highest BCUT2D eigenvalue weighted by molar-refractivity contribution is 4.77. The van der Waals surface area contributed by atoms with Crippen molar-refractivity contribution in [2.45, 2.75) is 51.7 Å². The zero-order chi connectivity index (χ0) is 11.8. The largest absolute Gasteiger partial charge is 0.377 e. The minimum atomic E-state index is 0.470. The van der Waals surface area contributed by atoms with Crippen molar-refractivity contribution >= 4 is 0 Å². The van der Waals surface area contributed by atoms with E-state index in [1.807, 2.05) is 0 Å². The molecular formula is C13H28N2O. The maximum atomic E-state index is 5.73. The highest BCUT2D eigenvalue weighted by Gasteiger charge is 2.21. The highest BCUT2D eigenvalue weighted by Crippen LogP contribution is 2.14. The van der Waals surface area contributed by atoms with E-state index < -0.39 is 0 Å². The first-order chi connectivity index (χ1) is 7.80. The van der Waals surface area contributed by atoms with E-state index in [0.29, 0.717) is 12.1 Å². The Hall–Kier alpha value is -0.120. The number of rotatable bonds is 7. The van der Waals surface area contributed by atoms with Gasteiger partial charge in [0.15, 0.2) is 0 Å². The molecule has 3 nitrogen and oxygen atoms in total. The Morgan fingerprint density at radius 1 is 1.44 bits per heavy atom. The molecule has 1 aliphatic rings. The Kier molecular flexibility index (Phi) is 7.01. The van der Waals surface area contributed by atoms with Gasteiger partial charge in [-0.05, 0) is 39.8 Å². The predicted octanol–water partition coefficient (Wildman–Crippen LogP) is 1.88. The monoisotopic (exact) mass is 228 g/mol. The molecule has 0 aromatic rings. The standard InChI is InChI=1S/C13H28N2O/c1-4-7-12(14-3)10-15-9-6-8-13(11-15)16-5-2/h12-14H,4-11H2,1-3H3. The fourth-order valence-electron chi connectivity index (χ4n) is 2.54. The number of ether oxygens (including phenoxy) is 1. The Morgan fingerprint density at radius 2 is 2.25 bits per heavy atom. The van der Waals surface area contributed by atoms with E-state index in [0.717, 1.165) is 13.2 Å². The van der Waals surface area contributed by atoms with Crippen LogP contribution in [0.2, 0.25) is 0 Å². The topological polar surface area (TPSA) is 24.5 Å². The van der Waals surface area contributed by atoms with Crippen LogP contribution in [0.4, 0.5) is 0 Å². The molecule has 0 aromatic carbocycles. The van der Waals surface area contributed by atoms with Gasteiger partial charge in [-0.25, -0.2) is 0 Å². The van der Waals surface area contributed by atoms with Crippen LogP contribution in [0.3, 0.4) is 0 Å². The average Bonchev–Trinajstić information content (AvgIpc) is 2.29. The van der Waals surface area contributed by atoms with E-state index in [-0.39, 0.29) is 0 Å². The lowest BCUT2D eigenvalue weighted by Crippen LogP contribution is -2.46. The molecule has 96 valence electrons. The summed E-state index contributed by atoms with van der Waals surface area (Å²) in [6, 6.07) is 0.644. The Morgan fingerprint density at radius 3 is 2.88 bits per heavy atom. The molecule has 16 heavy (non-hydrogen) atoms. The van der Waals surface area contributed by atoms with Gasteiger partial charge in [-0.15, -0.1) is 0 Å². The molecule has 1 N–H and O–H groups in total. The van der Waals surface area contributed by atoms with E-state index in [4.69, 9.17) is 4.74 Å². The summed E-state index contributed by atoms with van der Waals surface area (Å²) in [5.74, 6) is 0. The molecule has 0 spiro atoms. The van der Waals surface area contributed by atoms with E-state index in [1.165, 1.54) is 38.8 Å². The summed E-state index contributed by atoms with van der Waals surface area (Å²) in [5, 5.41) is 3.41. The van der Waals surface area contributed by atoms with Crippen LogP contribution in [-0.2, 0) is 4.74 Å². The maximum Gasteiger partial charge on any atom is 0.0702 e. The van der Waals surface area contributed by atoms with Crippen molar-refractivity contribution in [3.8, 4) is 0 Å². The van der Waals surface area contributed by atoms with Crippen molar-refractivity contribution < 1.29 is 4.74 Å². The third-order valence-corrected chi connectivity index (χ3v) is 3.39. The van der Waals surface area contributed by atoms with Gasteiger partial charge in [-0.2, -0.15) is 0 Å². The molecule has 1 heterocycles. The summed E-state index contributed by atoms with van der Waals surface area (Å²) in [5.41, 5.74) is 0. The van der Waals surface area contributed by atoms with Crippen molar-refractivity contribution in [1.82, 2.24) is 10.2 Å². The predicted molar refractivity (Wildman–Crippen MR) is 68.8 cm³/mol. The number of nitrogens with zero attached hydrogens (tertiary/aromatic N) is 1. The second-order valence-electron chi connectivity index (χ2n) is 4.75. The Labute approximate surface area is 101 Å². The fraction of sp³-hybridized carbons (Fsp3) is 1.00. The van der Waals surface area contributed by atoms with E-state index in [2.05, 4.69) is 31.1 Å². The van der Waals surface area contributed by atoms with Crippen molar-refractivity contribution in [3.63, 3.8) is 0 Å². The van der Waals surface area contributed by atoms with E-state index in [1.54, 1.807) is 0 Å². The first-order valence-electron chi connectivity index (χ1n) is 6.81. The molecule has 1 aliphatic heterocycles. The zero-order valence-electron chi connectivity index (χ0n) is 11.2. The van der Waals surface area contributed by atoms with Gasteiger partial charge in [-0.3, -0.25) is 4.90 Å². The first kappa shape index (κ1) is 13.9. The van der Waals surface area contributed by atoms with Gasteiger partial charge in [0.1, 0.15) is 0 Å². The first-order valence-corrected chi connectivity index (χ1v) is 6.81. The fourth-order valence-corrected chi connectivity index (χ4v) is 2.54. The summed E-state index contributed by atoms with van der Waals surface area (Å²) in [6.07, 6.45) is 5.52. The van der Waals surface area contributed by atoms with E-state index in [9.17, 15) is 0 Å². The van der Waals surface area contributed by atoms with Crippen molar-refractivity contribution in [2.24, 2.45) is 0 Å². The highest BCUT2D eigenvalue weighted by atomic mass is 16.5. The maximum absolute atomic E-state index is 5.73.